The minimum absolute atomic E-state index is 0.272. The number of carbonyl (C=O) groups excluding carboxylic acids is 3. The van der Waals surface area contributed by atoms with Crippen molar-refractivity contribution in [2.45, 2.75) is 6.42 Å². The van der Waals surface area contributed by atoms with Gasteiger partial charge in [0.2, 0.25) is 0 Å². The Hall–Kier alpha value is -2.21. The molecule has 3 rings (SSSR count). The highest BCUT2D eigenvalue weighted by Crippen LogP contribution is 2.24. The van der Waals surface area contributed by atoms with Crippen molar-refractivity contribution in [2.24, 2.45) is 5.92 Å². The molecule has 1 aromatic carbocycles. The van der Waals surface area contributed by atoms with Crippen LogP contribution in [0.3, 0.4) is 0 Å². The second kappa shape index (κ2) is 4.72. The van der Waals surface area contributed by atoms with E-state index in [1.165, 1.54) is 0 Å². The Morgan fingerprint density at radius 3 is 2.30 bits per heavy atom. The third kappa shape index (κ3) is 1.98. The summed E-state index contributed by atoms with van der Waals surface area (Å²) in [7, 11) is 1.91. The molecule has 20 heavy (non-hydrogen) atoms. The summed E-state index contributed by atoms with van der Waals surface area (Å²) in [6.07, 6.45) is 0.679. The Balaban J connectivity index is 1.75. The quantitative estimate of drug-likeness (QED) is 0.742. The zero-order valence-corrected chi connectivity index (χ0v) is 11.0. The first-order valence-corrected chi connectivity index (χ1v) is 6.46. The van der Waals surface area contributed by atoms with Gasteiger partial charge in [-0.3, -0.25) is 9.59 Å². The predicted octanol–water partition coefficient (Wildman–Crippen LogP) is 0.693. The molecular weight excluding hydrogens is 260 g/mol. The largest absolute Gasteiger partial charge is 0.337 e. The summed E-state index contributed by atoms with van der Waals surface area (Å²) in [5.74, 6) is -1.97. The maximum atomic E-state index is 12.0. The lowest BCUT2D eigenvalue weighted by atomic mass is 10.1. The maximum absolute atomic E-state index is 12.0. The molecule has 2 heterocycles. The molecular formula is C14H14N2O4. The van der Waals surface area contributed by atoms with Gasteiger partial charge in [-0.25, -0.2) is 4.79 Å². The van der Waals surface area contributed by atoms with Gasteiger partial charge in [0.25, 0.3) is 11.8 Å². The molecule has 6 heteroatoms. The van der Waals surface area contributed by atoms with Crippen LogP contribution in [0.2, 0.25) is 0 Å². The smallest absolute Gasteiger partial charge is 0.329 e. The number of rotatable bonds is 2. The summed E-state index contributed by atoms with van der Waals surface area (Å²) < 4.78 is 0. The van der Waals surface area contributed by atoms with E-state index in [0.29, 0.717) is 18.0 Å². The zero-order chi connectivity index (χ0) is 14.3. The van der Waals surface area contributed by atoms with Gasteiger partial charge in [-0.15, -0.1) is 0 Å². The topological polar surface area (TPSA) is 66.9 Å². The van der Waals surface area contributed by atoms with E-state index >= 15 is 0 Å². The summed E-state index contributed by atoms with van der Waals surface area (Å²) in [6, 6.07) is 6.43. The number of amides is 2. The van der Waals surface area contributed by atoms with E-state index in [2.05, 4.69) is 0 Å². The van der Waals surface area contributed by atoms with Crippen molar-refractivity contribution in [3.05, 3.63) is 35.4 Å². The van der Waals surface area contributed by atoms with Crippen LogP contribution >= 0.6 is 0 Å². The molecule has 0 bridgehead atoms. The molecule has 0 N–H and O–H groups in total. The molecule has 2 aliphatic heterocycles. The molecule has 2 amide bonds. The molecule has 1 fully saturated rings. The van der Waals surface area contributed by atoms with E-state index in [-0.39, 0.29) is 17.0 Å². The van der Waals surface area contributed by atoms with Crippen LogP contribution in [-0.2, 0) is 9.63 Å². The Morgan fingerprint density at radius 1 is 1.20 bits per heavy atom. The molecule has 1 aromatic rings. The van der Waals surface area contributed by atoms with Crippen LogP contribution in [0.4, 0.5) is 0 Å². The highest BCUT2D eigenvalue weighted by Gasteiger charge is 2.40. The molecule has 1 atom stereocenters. The summed E-state index contributed by atoms with van der Waals surface area (Å²) >= 11 is 0. The van der Waals surface area contributed by atoms with Gasteiger partial charge in [0, 0.05) is 6.54 Å². The first-order valence-electron chi connectivity index (χ1n) is 6.46. The van der Waals surface area contributed by atoms with Crippen molar-refractivity contribution in [3.63, 3.8) is 0 Å². The van der Waals surface area contributed by atoms with Crippen LogP contribution in [0.5, 0.6) is 0 Å². The Labute approximate surface area is 115 Å². The third-order valence-corrected chi connectivity index (χ3v) is 3.66. The lowest BCUT2D eigenvalue weighted by Crippen LogP contribution is -2.35. The van der Waals surface area contributed by atoms with Crippen molar-refractivity contribution < 1.29 is 19.2 Å². The zero-order valence-electron chi connectivity index (χ0n) is 11.0. The minimum atomic E-state index is -0.578. The van der Waals surface area contributed by atoms with Crippen LogP contribution in [0.1, 0.15) is 27.1 Å². The summed E-state index contributed by atoms with van der Waals surface area (Å²) in [6.45, 7) is 1.39. The van der Waals surface area contributed by atoms with Crippen LogP contribution in [0.25, 0.3) is 0 Å². The highest BCUT2D eigenvalue weighted by molar-refractivity contribution is 6.20. The standard InChI is InChI=1S/C14H14N2O4/c1-15-7-6-9(8-15)14(19)20-16-12(17)10-4-2-3-5-11(10)13(16)18/h2-5,9H,6-8H2,1H3. The second-order valence-electron chi connectivity index (χ2n) is 5.11. The van der Waals surface area contributed by atoms with Crippen LogP contribution < -0.4 is 0 Å². The molecule has 1 saturated heterocycles. The van der Waals surface area contributed by atoms with Crippen molar-refractivity contribution in [2.75, 3.05) is 20.1 Å². The Bertz CT molecular complexity index is 564. The third-order valence-electron chi connectivity index (χ3n) is 3.66. The number of hydrogen-bond acceptors (Lipinski definition) is 5. The van der Waals surface area contributed by atoms with Crippen molar-refractivity contribution in [1.82, 2.24) is 9.96 Å². The van der Waals surface area contributed by atoms with E-state index in [0.717, 1.165) is 6.54 Å². The predicted molar refractivity (Wildman–Crippen MR) is 68.6 cm³/mol. The molecule has 1 unspecified atom stereocenters. The van der Waals surface area contributed by atoms with Crippen LogP contribution in [-0.4, -0.2) is 47.9 Å². The van der Waals surface area contributed by atoms with Gasteiger partial charge >= 0.3 is 5.97 Å². The molecule has 104 valence electrons. The normalized spacial score (nSPS) is 22.2. The van der Waals surface area contributed by atoms with E-state index in [1.807, 2.05) is 11.9 Å². The number of hydrogen-bond donors (Lipinski definition) is 0. The Morgan fingerprint density at radius 2 is 1.80 bits per heavy atom. The Kier molecular flexibility index (Phi) is 3.02. The SMILES string of the molecule is CN1CCC(C(=O)ON2C(=O)c3ccccc3C2=O)C1. The number of benzene rings is 1. The van der Waals surface area contributed by atoms with Crippen LogP contribution in [0.15, 0.2) is 24.3 Å². The van der Waals surface area contributed by atoms with Crippen LogP contribution in [0, 0.1) is 5.92 Å². The summed E-state index contributed by atoms with van der Waals surface area (Å²) in [5, 5.41) is 0.575. The second-order valence-corrected chi connectivity index (χ2v) is 5.11. The van der Waals surface area contributed by atoms with Gasteiger partial charge in [-0.1, -0.05) is 17.2 Å². The first-order chi connectivity index (χ1) is 9.58. The first kappa shape index (κ1) is 12.8. The average Bonchev–Trinajstić information content (AvgIpc) is 2.98. The van der Waals surface area contributed by atoms with Gasteiger partial charge in [-0.2, -0.15) is 0 Å². The molecule has 0 saturated carbocycles. The fourth-order valence-corrected chi connectivity index (χ4v) is 2.54. The number of likely N-dealkylation sites (tertiary alicyclic amines) is 1. The van der Waals surface area contributed by atoms with E-state index in [4.69, 9.17) is 4.84 Å². The van der Waals surface area contributed by atoms with Gasteiger partial charge in [-0.05, 0) is 32.1 Å². The van der Waals surface area contributed by atoms with E-state index in [1.54, 1.807) is 24.3 Å². The van der Waals surface area contributed by atoms with Crippen molar-refractivity contribution >= 4 is 17.8 Å². The molecule has 2 aliphatic rings. The van der Waals surface area contributed by atoms with Gasteiger partial charge < -0.3 is 9.74 Å². The minimum Gasteiger partial charge on any atom is -0.329 e. The fraction of sp³-hybridized carbons (Fsp3) is 0.357. The van der Waals surface area contributed by atoms with Gasteiger partial charge in [0.1, 0.15) is 0 Å². The van der Waals surface area contributed by atoms with Crippen molar-refractivity contribution in [3.8, 4) is 0 Å². The van der Waals surface area contributed by atoms with Crippen molar-refractivity contribution in [1.29, 1.82) is 0 Å². The monoisotopic (exact) mass is 274 g/mol. The molecule has 6 nitrogen and oxygen atoms in total. The number of nitrogens with zero attached hydrogens (tertiary/aromatic N) is 2. The molecule has 0 radical (unpaired) electrons. The van der Waals surface area contributed by atoms with Gasteiger partial charge in [0.15, 0.2) is 0 Å². The number of imide groups is 1. The number of hydroxylamine groups is 2. The number of fused-ring (bicyclic) bond motifs is 1. The molecule has 0 aliphatic carbocycles. The van der Waals surface area contributed by atoms with E-state index < -0.39 is 17.8 Å². The maximum Gasteiger partial charge on any atom is 0.337 e. The summed E-state index contributed by atoms with van der Waals surface area (Å²) in [5.41, 5.74) is 0.544. The highest BCUT2D eigenvalue weighted by atomic mass is 16.7. The lowest BCUT2D eigenvalue weighted by Gasteiger charge is -2.15. The summed E-state index contributed by atoms with van der Waals surface area (Å²) in [4.78, 5) is 43.1. The van der Waals surface area contributed by atoms with Gasteiger partial charge in [0.05, 0.1) is 17.0 Å². The average molecular weight is 274 g/mol. The molecule has 0 spiro atoms. The fourth-order valence-electron chi connectivity index (χ4n) is 2.54. The number of carbonyl (C=O) groups is 3. The molecule has 0 aromatic heterocycles. The van der Waals surface area contributed by atoms with E-state index in [9.17, 15) is 14.4 Å². The lowest BCUT2D eigenvalue weighted by molar-refractivity contribution is -0.173.